The van der Waals surface area contributed by atoms with E-state index in [1.54, 1.807) is 37.3 Å². The molecular weight excluding hydrogens is 344 g/mol. The number of benzene rings is 2. The number of rotatable bonds is 7. The molecule has 0 saturated carbocycles. The smallest absolute Gasteiger partial charge is 0.279 e. The van der Waals surface area contributed by atoms with Crippen molar-refractivity contribution < 1.29 is 19.1 Å². The number of hydrogen-bond donors (Lipinski definition) is 2. The third-order valence-electron chi connectivity index (χ3n) is 3.67. The molecule has 0 fully saturated rings. The predicted octanol–water partition coefficient (Wildman–Crippen LogP) is 3.26. The first-order valence-corrected chi connectivity index (χ1v) is 8.91. The maximum Gasteiger partial charge on any atom is 0.279 e. The first-order chi connectivity index (χ1) is 12.8. The molecule has 0 spiro atoms. The summed E-state index contributed by atoms with van der Waals surface area (Å²) in [5.74, 6) is 0.862. The molecule has 6 heteroatoms. The van der Waals surface area contributed by atoms with Gasteiger partial charge in [-0.3, -0.25) is 20.4 Å². The molecule has 0 aliphatic carbocycles. The topological polar surface area (TPSA) is 76.7 Å². The number of carbonyl (C=O) groups is 2. The second-order valence-electron chi connectivity index (χ2n) is 6.75. The van der Waals surface area contributed by atoms with Crippen molar-refractivity contribution >= 4 is 11.8 Å². The van der Waals surface area contributed by atoms with Gasteiger partial charge in [0.2, 0.25) is 0 Å². The summed E-state index contributed by atoms with van der Waals surface area (Å²) in [5, 5.41) is 0. The van der Waals surface area contributed by atoms with Crippen LogP contribution in [0.3, 0.4) is 0 Å². The van der Waals surface area contributed by atoms with Gasteiger partial charge in [-0.1, -0.05) is 26.0 Å². The van der Waals surface area contributed by atoms with Crippen LogP contribution in [0.2, 0.25) is 0 Å². The largest absolute Gasteiger partial charge is 0.493 e. The van der Waals surface area contributed by atoms with E-state index in [2.05, 4.69) is 24.7 Å². The number of hydrazine groups is 1. The molecule has 0 aromatic heterocycles. The van der Waals surface area contributed by atoms with Crippen molar-refractivity contribution in [3.63, 3.8) is 0 Å². The lowest BCUT2D eigenvalue weighted by Gasteiger charge is -2.15. The molecule has 2 N–H and O–H groups in total. The highest BCUT2D eigenvalue weighted by molar-refractivity contribution is 5.95. The highest BCUT2D eigenvalue weighted by Gasteiger charge is 2.16. The van der Waals surface area contributed by atoms with Crippen molar-refractivity contribution in [1.29, 1.82) is 0 Å². The minimum absolute atomic E-state index is 0.415. The zero-order chi connectivity index (χ0) is 19.8. The predicted molar refractivity (Wildman–Crippen MR) is 104 cm³/mol. The average Bonchev–Trinajstić information content (AvgIpc) is 2.64. The van der Waals surface area contributed by atoms with Crippen molar-refractivity contribution in [3.8, 4) is 11.5 Å². The van der Waals surface area contributed by atoms with Gasteiger partial charge < -0.3 is 9.47 Å². The van der Waals surface area contributed by atoms with Crippen LogP contribution in [0.4, 0.5) is 0 Å². The molecule has 0 radical (unpaired) electrons. The second kappa shape index (κ2) is 9.62. The molecule has 144 valence electrons. The van der Waals surface area contributed by atoms with Crippen molar-refractivity contribution in [3.05, 3.63) is 59.7 Å². The van der Waals surface area contributed by atoms with Crippen LogP contribution < -0.4 is 20.3 Å². The van der Waals surface area contributed by atoms with E-state index in [0.29, 0.717) is 29.6 Å². The molecule has 1 atom stereocenters. The number of aryl methyl sites for hydroxylation is 1. The van der Waals surface area contributed by atoms with Crippen LogP contribution in [0.25, 0.3) is 0 Å². The summed E-state index contributed by atoms with van der Waals surface area (Å²) in [5.41, 5.74) is 6.22. The lowest BCUT2D eigenvalue weighted by atomic mass is 10.2. The maximum absolute atomic E-state index is 12.1. The summed E-state index contributed by atoms with van der Waals surface area (Å²) >= 11 is 0. The van der Waals surface area contributed by atoms with Crippen LogP contribution in [0.5, 0.6) is 11.5 Å². The first-order valence-electron chi connectivity index (χ1n) is 8.91. The Morgan fingerprint density at radius 3 is 2.30 bits per heavy atom. The number of amides is 2. The van der Waals surface area contributed by atoms with Gasteiger partial charge in [0.1, 0.15) is 11.5 Å². The number of ether oxygens (including phenoxy) is 2. The normalized spacial score (nSPS) is 11.6. The molecule has 0 heterocycles. The molecule has 0 aliphatic rings. The average molecular weight is 370 g/mol. The van der Waals surface area contributed by atoms with Gasteiger partial charge >= 0.3 is 0 Å². The highest BCUT2D eigenvalue weighted by Crippen LogP contribution is 2.14. The molecule has 2 amide bonds. The van der Waals surface area contributed by atoms with Gasteiger partial charge in [0.05, 0.1) is 6.61 Å². The van der Waals surface area contributed by atoms with Gasteiger partial charge in [-0.2, -0.15) is 0 Å². The Labute approximate surface area is 159 Å². The van der Waals surface area contributed by atoms with Crippen LogP contribution in [0.15, 0.2) is 48.5 Å². The molecule has 2 aromatic carbocycles. The Morgan fingerprint density at radius 1 is 0.963 bits per heavy atom. The van der Waals surface area contributed by atoms with E-state index in [4.69, 9.17) is 9.47 Å². The molecule has 2 aromatic rings. The summed E-state index contributed by atoms with van der Waals surface area (Å²) in [6.45, 7) is 8.30. The minimum Gasteiger partial charge on any atom is -0.493 e. The van der Waals surface area contributed by atoms with E-state index >= 15 is 0 Å². The fourth-order valence-corrected chi connectivity index (χ4v) is 2.20. The van der Waals surface area contributed by atoms with E-state index < -0.39 is 17.9 Å². The van der Waals surface area contributed by atoms with E-state index in [-0.39, 0.29) is 0 Å². The van der Waals surface area contributed by atoms with E-state index in [1.807, 2.05) is 25.1 Å². The Bertz CT molecular complexity index is 772. The van der Waals surface area contributed by atoms with Crippen LogP contribution >= 0.6 is 0 Å². The molecule has 6 nitrogen and oxygen atoms in total. The Hall–Kier alpha value is -3.02. The standard InChI is InChI=1S/C21H26N2O4/c1-14(2)13-26-18-10-8-17(9-11-18)21(25)23-22-20(24)16(4)27-19-7-5-6-15(3)12-19/h5-12,14,16H,13H2,1-4H3,(H,22,24)(H,23,25). The molecular formula is C21H26N2O4. The van der Waals surface area contributed by atoms with Gasteiger partial charge in [-0.15, -0.1) is 0 Å². The molecule has 0 aliphatic heterocycles. The Morgan fingerprint density at radius 2 is 1.67 bits per heavy atom. The summed E-state index contributed by atoms with van der Waals surface area (Å²) in [7, 11) is 0. The molecule has 0 bridgehead atoms. The third-order valence-corrected chi connectivity index (χ3v) is 3.67. The molecule has 2 rings (SSSR count). The fourth-order valence-electron chi connectivity index (χ4n) is 2.20. The number of nitrogens with one attached hydrogen (secondary N) is 2. The zero-order valence-electron chi connectivity index (χ0n) is 16.1. The van der Waals surface area contributed by atoms with Crippen LogP contribution in [0, 0.1) is 12.8 Å². The van der Waals surface area contributed by atoms with Crippen molar-refractivity contribution in [1.82, 2.24) is 10.9 Å². The quantitative estimate of drug-likeness (QED) is 0.734. The SMILES string of the molecule is Cc1cccc(OC(C)C(=O)NNC(=O)c2ccc(OCC(C)C)cc2)c1. The first kappa shape index (κ1) is 20.3. The summed E-state index contributed by atoms with van der Waals surface area (Å²) in [6.07, 6.45) is -0.751. The van der Waals surface area contributed by atoms with Crippen molar-refractivity contribution in [2.45, 2.75) is 33.8 Å². The van der Waals surface area contributed by atoms with Crippen molar-refractivity contribution in [2.24, 2.45) is 5.92 Å². The molecule has 27 heavy (non-hydrogen) atoms. The van der Waals surface area contributed by atoms with Crippen LogP contribution in [0.1, 0.15) is 36.7 Å². The van der Waals surface area contributed by atoms with Crippen molar-refractivity contribution in [2.75, 3.05) is 6.61 Å². The lowest BCUT2D eigenvalue weighted by molar-refractivity contribution is -0.128. The Balaban J connectivity index is 1.82. The monoisotopic (exact) mass is 370 g/mol. The van der Waals surface area contributed by atoms with Gasteiger partial charge in [-0.05, 0) is 61.7 Å². The maximum atomic E-state index is 12.1. The summed E-state index contributed by atoms with van der Waals surface area (Å²) in [4.78, 5) is 24.2. The zero-order valence-corrected chi connectivity index (χ0v) is 16.1. The van der Waals surface area contributed by atoms with E-state index in [9.17, 15) is 9.59 Å². The Kier molecular flexibility index (Phi) is 7.23. The minimum atomic E-state index is -0.751. The second-order valence-corrected chi connectivity index (χ2v) is 6.75. The van der Waals surface area contributed by atoms with Gasteiger partial charge in [0, 0.05) is 5.56 Å². The van der Waals surface area contributed by atoms with E-state index in [0.717, 1.165) is 5.56 Å². The molecule has 0 saturated heterocycles. The lowest BCUT2D eigenvalue weighted by Crippen LogP contribution is -2.47. The fraction of sp³-hybridized carbons (Fsp3) is 0.333. The van der Waals surface area contributed by atoms with Gasteiger partial charge in [0.15, 0.2) is 6.10 Å². The van der Waals surface area contributed by atoms with Gasteiger partial charge in [-0.25, -0.2) is 0 Å². The third kappa shape index (κ3) is 6.66. The molecule has 1 unspecified atom stereocenters. The van der Waals surface area contributed by atoms with Crippen LogP contribution in [-0.4, -0.2) is 24.5 Å². The van der Waals surface area contributed by atoms with Gasteiger partial charge in [0.25, 0.3) is 11.8 Å². The number of hydrogen-bond acceptors (Lipinski definition) is 4. The number of carbonyl (C=O) groups excluding carboxylic acids is 2. The van der Waals surface area contributed by atoms with Crippen LogP contribution in [-0.2, 0) is 4.79 Å². The highest BCUT2D eigenvalue weighted by atomic mass is 16.5. The summed E-state index contributed by atoms with van der Waals surface area (Å²) in [6, 6.07) is 14.1. The van der Waals surface area contributed by atoms with E-state index in [1.165, 1.54) is 0 Å². The summed E-state index contributed by atoms with van der Waals surface area (Å²) < 4.78 is 11.2.